The molecule has 4 rings (SSSR count). The molecule has 0 unspecified atom stereocenters. The van der Waals surface area contributed by atoms with Crippen LogP contribution in [-0.2, 0) is 9.31 Å². The quantitative estimate of drug-likeness (QED) is 0.696. The number of benzene rings is 2. The van der Waals surface area contributed by atoms with Gasteiger partial charge in [0.2, 0.25) is 5.95 Å². The maximum Gasteiger partial charge on any atom is 0.494 e. The molecular weight excluding hydrogens is 349 g/mol. The zero-order valence-electron chi connectivity index (χ0n) is 17.1. The van der Waals surface area contributed by atoms with E-state index >= 15 is 0 Å². The Morgan fingerprint density at radius 2 is 1.64 bits per heavy atom. The van der Waals surface area contributed by atoms with E-state index in [1.54, 1.807) is 0 Å². The number of anilines is 1. The number of fused-ring (bicyclic) bond motifs is 1. The molecule has 144 valence electrons. The summed E-state index contributed by atoms with van der Waals surface area (Å²) in [5.74, 6) is 0.618. The summed E-state index contributed by atoms with van der Waals surface area (Å²) in [4.78, 5) is 9.16. The van der Waals surface area contributed by atoms with Crippen molar-refractivity contribution >= 4 is 29.4 Å². The van der Waals surface area contributed by atoms with Crippen molar-refractivity contribution < 1.29 is 9.31 Å². The SMILES string of the molecule is C[C@@H](Nc1ncc2cc(B3OC(C)(C)C(C)(C)O3)ccc2n1)c1ccccc1. The van der Waals surface area contributed by atoms with Gasteiger partial charge in [-0.15, -0.1) is 0 Å². The van der Waals surface area contributed by atoms with E-state index in [1.165, 1.54) is 5.56 Å². The fourth-order valence-corrected chi connectivity index (χ4v) is 3.27. The van der Waals surface area contributed by atoms with E-state index in [2.05, 4.69) is 62.0 Å². The molecule has 3 aromatic rings. The number of nitrogens with one attached hydrogen (secondary N) is 1. The maximum atomic E-state index is 6.15. The molecule has 1 saturated heterocycles. The van der Waals surface area contributed by atoms with Crippen LogP contribution in [0.5, 0.6) is 0 Å². The summed E-state index contributed by atoms with van der Waals surface area (Å²) < 4.78 is 12.3. The molecule has 5 nitrogen and oxygen atoms in total. The molecule has 0 amide bonds. The van der Waals surface area contributed by atoms with Crippen molar-refractivity contribution in [1.82, 2.24) is 9.97 Å². The summed E-state index contributed by atoms with van der Waals surface area (Å²) in [6.45, 7) is 10.3. The van der Waals surface area contributed by atoms with Crippen molar-refractivity contribution in [3.63, 3.8) is 0 Å². The van der Waals surface area contributed by atoms with Crippen LogP contribution in [0, 0.1) is 0 Å². The molecule has 1 N–H and O–H groups in total. The highest BCUT2D eigenvalue weighted by molar-refractivity contribution is 6.62. The Bertz CT molecular complexity index is 975. The van der Waals surface area contributed by atoms with Gasteiger partial charge >= 0.3 is 7.12 Å². The number of rotatable bonds is 4. The number of hydrogen-bond acceptors (Lipinski definition) is 5. The molecule has 0 spiro atoms. The van der Waals surface area contributed by atoms with Gasteiger partial charge in [0.15, 0.2) is 0 Å². The van der Waals surface area contributed by atoms with E-state index < -0.39 is 0 Å². The maximum absolute atomic E-state index is 6.15. The molecule has 0 bridgehead atoms. The molecule has 0 radical (unpaired) electrons. The lowest BCUT2D eigenvalue weighted by Crippen LogP contribution is -2.41. The summed E-state index contributed by atoms with van der Waals surface area (Å²) in [7, 11) is -0.384. The topological polar surface area (TPSA) is 56.3 Å². The molecule has 6 heteroatoms. The normalized spacial score (nSPS) is 19.0. The van der Waals surface area contributed by atoms with E-state index in [0.29, 0.717) is 5.95 Å². The fourth-order valence-electron chi connectivity index (χ4n) is 3.27. The van der Waals surface area contributed by atoms with Crippen molar-refractivity contribution in [1.29, 1.82) is 0 Å². The summed E-state index contributed by atoms with van der Waals surface area (Å²) in [5, 5.41) is 4.33. The minimum absolute atomic E-state index is 0.127. The second-order valence-corrected chi connectivity index (χ2v) is 8.38. The summed E-state index contributed by atoms with van der Waals surface area (Å²) in [5.41, 5.74) is 2.35. The Morgan fingerprint density at radius 1 is 0.964 bits per heavy atom. The van der Waals surface area contributed by atoms with Crippen LogP contribution < -0.4 is 10.8 Å². The highest BCUT2D eigenvalue weighted by Crippen LogP contribution is 2.36. The molecule has 2 aromatic carbocycles. The average molecular weight is 375 g/mol. The first-order chi connectivity index (χ1) is 13.2. The Hall–Kier alpha value is -2.44. The van der Waals surface area contributed by atoms with Crippen molar-refractivity contribution in [2.75, 3.05) is 5.32 Å². The van der Waals surface area contributed by atoms with E-state index in [-0.39, 0.29) is 24.4 Å². The highest BCUT2D eigenvalue weighted by Gasteiger charge is 2.51. The molecule has 1 aliphatic heterocycles. The minimum Gasteiger partial charge on any atom is -0.399 e. The first kappa shape index (κ1) is 18.9. The van der Waals surface area contributed by atoms with Crippen molar-refractivity contribution in [3.8, 4) is 0 Å². The molecule has 0 aliphatic carbocycles. The van der Waals surface area contributed by atoms with Gasteiger partial charge in [0.25, 0.3) is 0 Å². The monoisotopic (exact) mass is 375 g/mol. The predicted molar refractivity (Wildman–Crippen MR) is 114 cm³/mol. The van der Waals surface area contributed by atoms with Gasteiger partial charge in [-0.3, -0.25) is 0 Å². The average Bonchev–Trinajstić information content (AvgIpc) is 2.89. The largest absolute Gasteiger partial charge is 0.494 e. The van der Waals surface area contributed by atoms with Gasteiger partial charge in [0, 0.05) is 11.6 Å². The van der Waals surface area contributed by atoms with Gasteiger partial charge in [-0.05, 0) is 51.7 Å². The summed E-state index contributed by atoms with van der Waals surface area (Å²) in [6, 6.07) is 16.4. The third-order valence-electron chi connectivity index (χ3n) is 5.77. The smallest absolute Gasteiger partial charge is 0.399 e. The van der Waals surface area contributed by atoms with Crippen LogP contribution in [0.1, 0.15) is 46.2 Å². The lowest BCUT2D eigenvalue weighted by molar-refractivity contribution is 0.00578. The Balaban J connectivity index is 1.55. The van der Waals surface area contributed by atoms with E-state index in [9.17, 15) is 0 Å². The van der Waals surface area contributed by atoms with Crippen LogP contribution in [0.15, 0.2) is 54.7 Å². The van der Waals surface area contributed by atoms with Crippen LogP contribution in [0.4, 0.5) is 5.95 Å². The molecule has 1 aromatic heterocycles. The molecule has 1 fully saturated rings. The van der Waals surface area contributed by atoms with Gasteiger partial charge in [0.1, 0.15) is 0 Å². The standard InChI is InChI=1S/C22H26BN3O2/c1-15(16-9-7-6-8-10-16)25-20-24-14-17-13-18(11-12-19(17)26-20)23-27-21(2,3)22(4,5)28-23/h6-15H,1-5H3,(H,24,25,26)/t15-/m1/s1. The fraction of sp³-hybridized carbons (Fsp3) is 0.364. The van der Waals surface area contributed by atoms with Gasteiger partial charge < -0.3 is 14.6 Å². The first-order valence-corrected chi connectivity index (χ1v) is 9.69. The number of nitrogens with zero attached hydrogens (tertiary/aromatic N) is 2. The molecular formula is C22H26BN3O2. The number of hydrogen-bond donors (Lipinski definition) is 1. The summed E-state index contributed by atoms with van der Waals surface area (Å²) >= 11 is 0. The van der Waals surface area contributed by atoms with E-state index in [4.69, 9.17) is 9.31 Å². The van der Waals surface area contributed by atoms with Crippen LogP contribution in [0.3, 0.4) is 0 Å². The Morgan fingerprint density at radius 3 is 2.32 bits per heavy atom. The summed E-state index contributed by atoms with van der Waals surface area (Å²) in [6.07, 6.45) is 1.84. The number of aromatic nitrogens is 2. The van der Waals surface area contributed by atoms with Gasteiger partial charge in [-0.1, -0.05) is 42.5 Å². The van der Waals surface area contributed by atoms with Crippen LogP contribution in [-0.4, -0.2) is 28.3 Å². The van der Waals surface area contributed by atoms with Gasteiger partial charge in [0.05, 0.1) is 22.8 Å². The Kier molecular flexibility index (Phi) is 4.64. The van der Waals surface area contributed by atoms with Crippen LogP contribution in [0.25, 0.3) is 10.9 Å². The zero-order chi connectivity index (χ0) is 19.9. The van der Waals surface area contributed by atoms with Crippen molar-refractivity contribution in [3.05, 3.63) is 60.3 Å². The van der Waals surface area contributed by atoms with Crippen molar-refractivity contribution in [2.45, 2.75) is 51.9 Å². The third kappa shape index (κ3) is 3.50. The zero-order valence-corrected chi connectivity index (χ0v) is 17.1. The van der Waals surface area contributed by atoms with E-state index in [0.717, 1.165) is 16.4 Å². The Labute approximate surface area is 166 Å². The third-order valence-corrected chi connectivity index (χ3v) is 5.77. The second kappa shape index (κ2) is 6.87. The minimum atomic E-state index is -0.384. The van der Waals surface area contributed by atoms with Crippen molar-refractivity contribution in [2.24, 2.45) is 0 Å². The molecule has 28 heavy (non-hydrogen) atoms. The van der Waals surface area contributed by atoms with Crippen LogP contribution in [0.2, 0.25) is 0 Å². The predicted octanol–water partition coefficient (Wildman–Crippen LogP) is 4.10. The van der Waals surface area contributed by atoms with E-state index in [1.807, 2.05) is 42.6 Å². The lowest BCUT2D eigenvalue weighted by atomic mass is 9.78. The molecule has 1 aliphatic rings. The van der Waals surface area contributed by atoms with Gasteiger partial charge in [-0.25, -0.2) is 9.97 Å². The second-order valence-electron chi connectivity index (χ2n) is 8.38. The van der Waals surface area contributed by atoms with Crippen LogP contribution >= 0.6 is 0 Å². The molecule has 2 heterocycles. The first-order valence-electron chi connectivity index (χ1n) is 9.69. The molecule has 0 saturated carbocycles. The highest BCUT2D eigenvalue weighted by atomic mass is 16.7. The lowest BCUT2D eigenvalue weighted by Gasteiger charge is -2.32. The molecule has 1 atom stereocenters. The van der Waals surface area contributed by atoms with Gasteiger partial charge in [-0.2, -0.15) is 0 Å².